The highest BCUT2D eigenvalue weighted by Crippen LogP contribution is 2.02. The van der Waals surface area contributed by atoms with E-state index in [4.69, 9.17) is 0 Å². The van der Waals surface area contributed by atoms with Gasteiger partial charge < -0.3 is 4.42 Å². The predicted octanol–water partition coefficient (Wildman–Crippen LogP) is -0.113. The highest BCUT2D eigenvalue weighted by atomic mass is 16.4. The number of hydrogen-bond acceptors (Lipinski definition) is 4. The minimum atomic E-state index is -0.675. The summed E-state index contributed by atoms with van der Waals surface area (Å²) in [6.45, 7) is 0. The van der Waals surface area contributed by atoms with E-state index in [2.05, 4.69) is 9.40 Å². The molecule has 0 bridgehead atoms. The fraction of sp³-hybridized carbons (Fsp3) is 0.125. The number of rotatable bonds is 0. The summed E-state index contributed by atoms with van der Waals surface area (Å²) in [5.74, 6) is -0.675. The zero-order chi connectivity index (χ0) is 9.42. The topological polar surface area (TPSA) is 65.1 Å². The van der Waals surface area contributed by atoms with Crippen LogP contribution in [0.15, 0.2) is 32.5 Å². The van der Waals surface area contributed by atoms with E-state index in [1.54, 1.807) is 0 Å². The number of aromatic nitrogens is 2. The molecule has 5 heteroatoms. The molecule has 2 aromatic heterocycles. The number of nitrogens with zero attached hydrogens (tertiary/aromatic N) is 2. The quantitative estimate of drug-likeness (QED) is 0.564. The highest BCUT2D eigenvalue weighted by molar-refractivity contribution is 5.75. The molecule has 0 atom stereocenters. The van der Waals surface area contributed by atoms with E-state index in [1.165, 1.54) is 30.1 Å². The molecule has 5 nitrogen and oxygen atoms in total. The molecule has 0 amide bonds. The summed E-state index contributed by atoms with van der Waals surface area (Å²) < 4.78 is 5.69. The van der Waals surface area contributed by atoms with Crippen LogP contribution in [0.4, 0.5) is 0 Å². The fourth-order valence-corrected chi connectivity index (χ4v) is 1.13. The van der Waals surface area contributed by atoms with Crippen LogP contribution in [0, 0.1) is 0 Å². The molecule has 13 heavy (non-hydrogen) atoms. The maximum Gasteiger partial charge on any atom is 0.422 e. The van der Waals surface area contributed by atoms with Crippen molar-refractivity contribution in [1.29, 1.82) is 0 Å². The van der Waals surface area contributed by atoms with Gasteiger partial charge in [0.1, 0.15) is 0 Å². The molecule has 0 spiro atoms. The van der Waals surface area contributed by atoms with Crippen molar-refractivity contribution in [3.05, 3.63) is 39.4 Å². The van der Waals surface area contributed by atoms with Crippen LogP contribution >= 0.6 is 0 Å². The monoisotopic (exact) mass is 178 g/mol. The van der Waals surface area contributed by atoms with Crippen molar-refractivity contribution >= 4 is 10.9 Å². The Morgan fingerprint density at radius 3 is 3.00 bits per heavy atom. The molecule has 2 rings (SSSR count). The lowest BCUT2D eigenvalue weighted by molar-refractivity contribution is 0.432. The van der Waals surface area contributed by atoms with Crippen molar-refractivity contribution in [2.24, 2.45) is 7.05 Å². The molecule has 0 saturated carbocycles. The van der Waals surface area contributed by atoms with Crippen LogP contribution in [-0.4, -0.2) is 9.55 Å². The van der Waals surface area contributed by atoms with Crippen molar-refractivity contribution in [2.45, 2.75) is 0 Å². The summed E-state index contributed by atoms with van der Waals surface area (Å²) in [7, 11) is 1.52. The molecule has 0 saturated heterocycles. The fourth-order valence-electron chi connectivity index (χ4n) is 1.13. The molecule has 0 aliphatic carbocycles. The largest absolute Gasteiger partial charge is 0.422 e. The Kier molecular flexibility index (Phi) is 1.51. The van der Waals surface area contributed by atoms with E-state index >= 15 is 0 Å². The second kappa shape index (κ2) is 2.55. The number of fused-ring (bicyclic) bond motifs is 1. The van der Waals surface area contributed by atoms with E-state index in [9.17, 15) is 9.59 Å². The molecule has 0 fully saturated rings. The van der Waals surface area contributed by atoms with Crippen molar-refractivity contribution in [1.82, 2.24) is 9.55 Å². The summed E-state index contributed by atoms with van der Waals surface area (Å²) in [5, 5.41) is 0.358. The average molecular weight is 178 g/mol. The minimum absolute atomic E-state index is 0.358. The summed E-state index contributed by atoms with van der Waals surface area (Å²) >= 11 is 0. The van der Waals surface area contributed by atoms with Gasteiger partial charge in [-0.05, 0) is 6.07 Å². The van der Waals surface area contributed by atoms with Crippen LogP contribution in [0.25, 0.3) is 10.9 Å². The summed E-state index contributed by atoms with van der Waals surface area (Å²) in [6.07, 6.45) is 2.93. The van der Waals surface area contributed by atoms with E-state index in [0.29, 0.717) is 10.9 Å². The maximum atomic E-state index is 11.1. The van der Waals surface area contributed by atoms with Crippen LogP contribution in [0.5, 0.6) is 0 Å². The minimum Gasteiger partial charge on any atom is -0.372 e. The van der Waals surface area contributed by atoms with Crippen molar-refractivity contribution in [3.8, 4) is 0 Å². The third kappa shape index (κ3) is 1.05. The maximum absolute atomic E-state index is 11.1. The number of aryl methyl sites for hydroxylation is 1. The lowest BCUT2D eigenvalue weighted by atomic mass is 10.3. The Balaban J connectivity index is 3.15. The van der Waals surface area contributed by atoms with Gasteiger partial charge in [-0.15, -0.1) is 0 Å². The zero-order valence-electron chi connectivity index (χ0n) is 6.85. The first-order valence-corrected chi connectivity index (χ1v) is 3.64. The Bertz CT molecular complexity index is 567. The van der Waals surface area contributed by atoms with Gasteiger partial charge in [-0.2, -0.15) is 0 Å². The van der Waals surface area contributed by atoms with Crippen LogP contribution in [0.1, 0.15) is 0 Å². The summed E-state index contributed by atoms with van der Waals surface area (Å²) in [4.78, 5) is 26.0. The second-order valence-electron chi connectivity index (χ2n) is 2.61. The van der Waals surface area contributed by atoms with Gasteiger partial charge in [0.05, 0.1) is 17.1 Å². The predicted molar refractivity (Wildman–Crippen MR) is 45.5 cm³/mol. The van der Waals surface area contributed by atoms with Gasteiger partial charge in [-0.25, -0.2) is 9.59 Å². The van der Waals surface area contributed by atoms with Crippen molar-refractivity contribution in [2.75, 3.05) is 0 Å². The highest BCUT2D eigenvalue weighted by Gasteiger charge is 2.04. The van der Waals surface area contributed by atoms with Crippen LogP contribution in [-0.2, 0) is 7.05 Å². The lowest BCUT2D eigenvalue weighted by Gasteiger charge is -1.99. The SMILES string of the molecule is Cn1c(=O)oc(=O)c2ccncc21. The van der Waals surface area contributed by atoms with Gasteiger partial charge in [0, 0.05) is 13.2 Å². The van der Waals surface area contributed by atoms with Gasteiger partial charge in [-0.1, -0.05) is 0 Å². The Hall–Kier alpha value is -1.91. The Morgan fingerprint density at radius 1 is 1.46 bits per heavy atom. The molecule has 2 heterocycles. The standard InChI is InChI=1S/C8H6N2O3/c1-10-6-4-9-3-2-5(6)7(11)13-8(10)12/h2-4H,1H3. The Labute approximate surface area is 72.3 Å². The second-order valence-corrected chi connectivity index (χ2v) is 2.61. The molecule has 0 radical (unpaired) electrons. The number of pyridine rings is 1. The Morgan fingerprint density at radius 2 is 2.23 bits per heavy atom. The van der Waals surface area contributed by atoms with E-state index in [0.717, 1.165) is 0 Å². The van der Waals surface area contributed by atoms with E-state index in [1.807, 2.05) is 0 Å². The van der Waals surface area contributed by atoms with Gasteiger partial charge in [0.25, 0.3) is 0 Å². The number of hydrogen-bond donors (Lipinski definition) is 0. The zero-order valence-corrected chi connectivity index (χ0v) is 6.85. The van der Waals surface area contributed by atoms with Crippen molar-refractivity contribution in [3.63, 3.8) is 0 Å². The van der Waals surface area contributed by atoms with Gasteiger partial charge in [-0.3, -0.25) is 9.55 Å². The van der Waals surface area contributed by atoms with E-state index in [-0.39, 0.29) is 0 Å². The van der Waals surface area contributed by atoms with Crippen molar-refractivity contribution < 1.29 is 4.42 Å². The van der Waals surface area contributed by atoms with E-state index < -0.39 is 11.4 Å². The first-order valence-electron chi connectivity index (χ1n) is 3.64. The molecular weight excluding hydrogens is 172 g/mol. The first-order chi connectivity index (χ1) is 6.20. The molecule has 2 aromatic rings. The third-order valence-corrected chi connectivity index (χ3v) is 1.84. The van der Waals surface area contributed by atoms with Gasteiger partial charge in [0.2, 0.25) is 0 Å². The lowest BCUT2D eigenvalue weighted by Crippen LogP contribution is -2.22. The first kappa shape index (κ1) is 7.72. The molecule has 0 aliphatic rings. The molecule has 0 aliphatic heterocycles. The molecule has 66 valence electrons. The summed E-state index contributed by atoms with van der Waals surface area (Å²) in [5.41, 5.74) is -0.149. The van der Waals surface area contributed by atoms with Crippen LogP contribution in [0.2, 0.25) is 0 Å². The molecule has 0 N–H and O–H groups in total. The molecule has 0 aromatic carbocycles. The smallest absolute Gasteiger partial charge is 0.372 e. The van der Waals surface area contributed by atoms with Gasteiger partial charge in [0.15, 0.2) is 0 Å². The third-order valence-electron chi connectivity index (χ3n) is 1.84. The normalized spacial score (nSPS) is 10.5. The van der Waals surface area contributed by atoms with Gasteiger partial charge >= 0.3 is 11.4 Å². The molecule has 0 unspecified atom stereocenters. The summed E-state index contributed by atoms with van der Waals surface area (Å²) in [6, 6.07) is 1.51. The molecular formula is C8H6N2O3. The van der Waals surface area contributed by atoms with Crippen LogP contribution < -0.4 is 11.4 Å². The average Bonchev–Trinajstić information content (AvgIpc) is 2.15. The van der Waals surface area contributed by atoms with Crippen LogP contribution in [0.3, 0.4) is 0 Å².